The second-order valence-electron chi connectivity index (χ2n) is 12.1. The molecule has 4 bridgehead atoms. The molecule has 4 aliphatic rings. The van der Waals surface area contributed by atoms with Crippen LogP contribution in [0.5, 0.6) is 0 Å². The predicted octanol–water partition coefficient (Wildman–Crippen LogP) is 5.70. The Balaban J connectivity index is 1.76. The number of carbonyl (C=O) groups excluding carboxylic acids is 2. The molecule has 38 heavy (non-hydrogen) atoms. The van der Waals surface area contributed by atoms with Gasteiger partial charge in [-0.15, -0.1) is 0 Å². The smallest absolute Gasteiger partial charge is 0.333 e. The molecule has 0 aromatic rings. The number of carboxylic acids is 2. The summed E-state index contributed by atoms with van der Waals surface area (Å²) in [7, 11) is 0. The SMILES string of the molecule is C=C(C)C(=O)OCCCCCC1(CCCCCOC(=O)C(=C)C)C2(C(=O)O)CC3CC(C2)CC1(C(=O)O)C3. The molecule has 8 heteroatoms. The van der Waals surface area contributed by atoms with Crippen LogP contribution in [-0.2, 0) is 28.7 Å². The van der Waals surface area contributed by atoms with E-state index in [9.17, 15) is 29.4 Å². The highest BCUT2D eigenvalue weighted by Gasteiger charge is 2.76. The van der Waals surface area contributed by atoms with Crippen molar-refractivity contribution in [2.45, 2.75) is 97.3 Å². The lowest BCUT2D eigenvalue weighted by Crippen LogP contribution is -2.70. The molecule has 4 rings (SSSR count). The van der Waals surface area contributed by atoms with Crippen LogP contribution in [0.25, 0.3) is 0 Å². The van der Waals surface area contributed by atoms with Gasteiger partial charge in [-0.2, -0.15) is 0 Å². The normalized spacial score (nSPS) is 28.5. The van der Waals surface area contributed by atoms with Crippen LogP contribution < -0.4 is 0 Å². The van der Waals surface area contributed by atoms with Crippen molar-refractivity contribution in [3.8, 4) is 0 Å². The van der Waals surface area contributed by atoms with E-state index in [1.54, 1.807) is 13.8 Å². The predicted molar refractivity (Wildman–Crippen MR) is 141 cm³/mol. The van der Waals surface area contributed by atoms with Crippen LogP contribution in [0.2, 0.25) is 0 Å². The van der Waals surface area contributed by atoms with E-state index in [0.29, 0.717) is 75.4 Å². The zero-order valence-electron chi connectivity index (χ0n) is 23.0. The number of carbonyl (C=O) groups is 4. The van der Waals surface area contributed by atoms with Crippen molar-refractivity contribution < 1.29 is 38.9 Å². The van der Waals surface area contributed by atoms with Crippen LogP contribution in [0.4, 0.5) is 0 Å². The van der Waals surface area contributed by atoms with Gasteiger partial charge in [0.25, 0.3) is 0 Å². The highest BCUT2D eigenvalue weighted by Crippen LogP contribution is 2.76. The minimum atomic E-state index is -1.03. The first-order chi connectivity index (χ1) is 17.9. The van der Waals surface area contributed by atoms with E-state index in [4.69, 9.17) is 9.47 Å². The molecular formula is C30H44O8. The Morgan fingerprint density at radius 2 is 1.05 bits per heavy atom. The van der Waals surface area contributed by atoms with Gasteiger partial charge in [-0.25, -0.2) is 9.59 Å². The molecule has 0 heterocycles. The van der Waals surface area contributed by atoms with Gasteiger partial charge in [0.1, 0.15) is 0 Å². The van der Waals surface area contributed by atoms with Crippen molar-refractivity contribution >= 4 is 23.9 Å². The monoisotopic (exact) mass is 532 g/mol. The van der Waals surface area contributed by atoms with Crippen molar-refractivity contribution in [2.24, 2.45) is 28.1 Å². The van der Waals surface area contributed by atoms with Gasteiger partial charge in [0.15, 0.2) is 0 Å². The topological polar surface area (TPSA) is 127 Å². The highest BCUT2D eigenvalue weighted by atomic mass is 16.5. The molecule has 0 atom stereocenters. The second kappa shape index (κ2) is 12.0. The van der Waals surface area contributed by atoms with Crippen LogP contribution >= 0.6 is 0 Å². The average molecular weight is 533 g/mol. The summed E-state index contributed by atoms with van der Waals surface area (Å²) in [6, 6.07) is 0. The van der Waals surface area contributed by atoms with Gasteiger partial charge in [-0.3, -0.25) is 9.59 Å². The number of unbranched alkanes of at least 4 members (excludes halogenated alkanes) is 4. The Labute approximate surface area is 225 Å². The van der Waals surface area contributed by atoms with Crippen molar-refractivity contribution in [1.82, 2.24) is 0 Å². The molecule has 0 saturated heterocycles. The third kappa shape index (κ3) is 5.55. The molecule has 0 aromatic heterocycles. The first-order valence-corrected chi connectivity index (χ1v) is 14.0. The van der Waals surface area contributed by atoms with E-state index < -0.39 is 40.1 Å². The molecule has 4 aliphatic carbocycles. The number of aliphatic carboxylic acids is 2. The number of carboxylic acid groups (broad SMARTS) is 2. The molecule has 4 fully saturated rings. The summed E-state index contributed by atoms with van der Waals surface area (Å²) in [5.41, 5.74) is -2.21. The molecule has 212 valence electrons. The van der Waals surface area contributed by atoms with Gasteiger partial charge >= 0.3 is 23.9 Å². The summed E-state index contributed by atoms with van der Waals surface area (Å²) in [4.78, 5) is 49.4. The fraction of sp³-hybridized carbons (Fsp3) is 0.733. The lowest BCUT2D eigenvalue weighted by Gasteiger charge is -2.70. The molecule has 0 radical (unpaired) electrons. The molecule has 2 N–H and O–H groups in total. The van der Waals surface area contributed by atoms with Gasteiger partial charge < -0.3 is 19.7 Å². The molecule has 0 aliphatic heterocycles. The minimum absolute atomic E-state index is 0.144. The van der Waals surface area contributed by atoms with Crippen LogP contribution in [0.1, 0.15) is 97.3 Å². The van der Waals surface area contributed by atoms with Gasteiger partial charge in [0, 0.05) is 16.6 Å². The van der Waals surface area contributed by atoms with E-state index in [1.807, 2.05) is 0 Å². The fourth-order valence-electron chi connectivity index (χ4n) is 8.15. The highest BCUT2D eigenvalue weighted by molar-refractivity contribution is 5.87. The maximum Gasteiger partial charge on any atom is 0.333 e. The van der Waals surface area contributed by atoms with Crippen LogP contribution in [0.15, 0.2) is 24.3 Å². The Hall–Kier alpha value is -2.64. The van der Waals surface area contributed by atoms with Crippen molar-refractivity contribution in [3.05, 3.63) is 24.3 Å². The zero-order valence-corrected chi connectivity index (χ0v) is 23.0. The molecule has 4 saturated carbocycles. The van der Waals surface area contributed by atoms with Crippen LogP contribution in [-0.4, -0.2) is 47.3 Å². The first kappa shape index (κ1) is 29.9. The lowest BCUT2D eigenvalue weighted by molar-refractivity contribution is -0.248. The minimum Gasteiger partial charge on any atom is -0.481 e. The second-order valence-corrected chi connectivity index (χ2v) is 12.1. The molecule has 0 unspecified atom stereocenters. The van der Waals surface area contributed by atoms with Crippen LogP contribution in [0.3, 0.4) is 0 Å². The van der Waals surface area contributed by atoms with Crippen molar-refractivity contribution in [2.75, 3.05) is 13.2 Å². The molecule has 0 aromatic carbocycles. The van der Waals surface area contributed by atoms with E-state index in [0.717, 1.165) is 19.3 Å². The standard InChI is InChI=1S/C30H44O8/c1-20(2)24(31)37-13-9-5-7-11-30(12-8-6-10-14-38-25(32)21(3)4)28(26(33)34)16-22-15-23(18-28)19-29(30,17-22)27(35)36/h22-23H,1,3,5-19H2,2,4H3,(H,33,34)(H,35,36). The van der Waals surface area contributed by atoms with Crippen LogP contribution in [0, 0.1) is 28.1 Å². The molecular weight excluding hydrogens is 488 g/mol. The Kier molecular flexibility index (Phi) is 9.48. The number of esters is 2. The first-order valence-electron chi connectivity index (χ1n) is 14.0. The fourth-order valence-corrected chi connectivity index (χ4v) is 8.15. The van der Waals surface area contributed by atoms with E-state index in [2.05, 4.69) is 13.2 Å². The summed E-state index contributed by atoms with van der Waals surface area (Å²) in [6.45, 7) is 10.9. The Morgan fingerprint density at radius 1 is 0.684 bits per heavy atom. The Bertz CT molecular complexity index is 875. The van der Waals surface area contributed by atoms with E-state index >= 15 is 0 Å². The maximum absolute atomic E-state index is 13.1. The number of rotatable bonds is 16. The van der Waals surface area contributed by atoms with Crippen molar-refractivity contribution in [3.63, 3.8) is 0 Å². The van der Waals surface area contributed by atoms with E-state index in [1.165, 1.54) is 0 Å². The van der Waals surface area contributed by atoms with Crippen molar-refractivity contribution in [1.29, 1.82) is 0 Å². The Morgan fingerprint density at radius 3 is 1.37 bits per heavy atom. The zero-order chi connectivity index (χ0) is 28.1. The lowest BCUT2D eigenvalue weighted by atomic mass is 9.31. The van der Waals surface area contributed by atoms with Gasteiger partial charge in [0.2, 0.25) is 0 Å². The van der Waals surface area contributed by atoms with E-state index in [-0.39, 0.29) is 25.0 Å². The maximum atomic E-state index is 13.1. The molecule has 0 amide bonds. The third-order valence-electron chi connectivity index (χ3n) is 9.53. The number of ether oxygens (including phenoxy) is 2. The summed E-state index contributed by atoms with van der Waals surface area (Å²) in [5.74, 6) is -2.25. The summed E-state index contributed by atoms with van der Waals surface area (Å²) in [5, 5.41) is 21.4. The number of hydrogen-bond acceptors (Lipinski definition) is 6. The molecule has 8 nitrogen and oxygen atoms in total. The van der Waals surface area contributed by atoms with Gasteiger partial charge in [-0.1, -0.05) is 38.8 Å². The van der Waals surface area contributed by atoms with Gasteiger partial charge in [-0.05, 0) is 83.5 Å². The quantitative estimate of drug-likeness (QED) is 0.147. The number of hydrogen-bond donors (Lipinski definition) is 2. The molecule has 0 spiro atoms. The third-order valence-corrected chi connectivity index (χ3v) is 9.53. The van der Waals surface area contributed by atoms with Gasteiger partial charge in [0.05, 0.1) is 24.0 Å². The summed E-state index contributed by atoms with van der Waals surface area (Å²) in [6.07, 6.45) is 8.29. The summed E-state index contributed by atoms with van der Waals surface area (Å²) < 4.78 is 10.4. The largest absolute Gasteiger partial charge is 0.481 e. The summed E-state index contributed by atoms with van der Waals surface area (Å²) >= 11 is 0. The average Bonchev–Trinajstić information content (AvgIpc) is 2.84.